The second kappa shape index (κ2) is 12.6. The number of benzene rings is 4. The first-order valence-corrected chi connectivity index (χ1v) is 17.0. The molecule has 1 aliphatic carbocycles. The molecule has 7 rings (SSSR count). The first-order chi connectivity index (χ1) is 24.1. The van der Waals surface area contributed by atoms with Gasteiger partial charge in [-0.15, -0.1) is 0 Å². The Kier molecular flexibility index (Phi) is 8.22. The van der Waals surface area contributed by atoms with Gasteiger partial charge in [-0.05, 0) is 76.6 Å². The first-order valence-electron chi connectivity index (χ1n) is 17.0. The number of fused-ring (bicyclic) bond motifs is 6. The van der Waals surface area contributed by atoms with Gasteiger partial charge in [0.05, 0.1) is 16.6 Å². The number of hydrogen-bond acceptors (Lipinski definition) is 5. The van der Waals surface area contributed by atoms with Crippen molar-refractivity contribution in [3.63, 3.8) is 0 Å². The van der Waals surface area contributed by atoms with Crippen LogP contribution in [0.15, 0.2) is 118 Å². The molecular weight excluding hydrogens is 624 g/mol. The molecule has 4 aromatic carbocycles. The molecular formula is C40H39N8O2+. The molecule has 0 amide bonds. The number of rotatable bonds is 10. The van der Waals surface area contributed by atoms with Gasteiger partial charge in [0.15, 0.2) is 5.71 Å². The number of carbonyl (C=O) groups excluding carboxylic acids is 1. The van der Waals surface area contributed by atoms with Gasteiger partial charge in [-0.25, -0.2) is 0 Å². The van der Waals surface area contributed by atoms with Gasteiger partial charge in [0, 0.05) is 70.4 Å². The highest BCUT2D eigenvalue weighted by molar-refractivity contribution is 6.24. The minimum atomic E-state index is -0.477. The fourth-order valence-corrected chi connectivity index (χ4v) is 8.15. The number of azide groups is 2. The van der Waals surface area contributed by atoms with Crippen LogP contribution in [0.4, 0.5) is 11.4 Å². The van der Waals surface area contributed by atoms with E-state index in [0.29, 0.717) is 39.0 Å². The summed E-state index contributed by atoms with van der Waals surface area (Å²) in [5, 5.41) is 23.7. The van der Waals surface area contributed by atoms with Crippen molar-refractivity contribution in [1.82, 2.24) is 0 Å². The molecule has 0 fully saturated rings. The summed E-state index contributed by atoms with van der Waals surface area (Å²) in [5.41, 5.74) is 23.6. The third kappa shape index (κ3) is 5.12. The zero-order chi connectivity index (χ0) is 35.2. The summed E-state index contributed by atoms with van der Waals surface area (Å²) in [7, 11) is 0. The van der Waals surface area contributed by atoms with Gasteiger partial charge in [-0.3, -0.25) is 4.79 Å². The molecule has 0 bridgehead atoms. The molecule has 3 aliphatic rings. The van der Waals surface area contributed by atoms with E-state index in [1.54, 1.807) is 0 Å². The van der Waals surface area contributed by atoms with Crippen molar-refractivity contribution in [1.29, 1.82) is 0 Å². The first kappa shape index (κ1) is 32.7. The van der Waals surface area contributed by atoms with Gasteiger partial charge in [-0.1, -0.05) is 78.7 Å². The summed E-state index contributed by atoms with van der Waals surface area (Å²) in [4.78, 5) is 22.1. The van der Waals surface area contributed by atoms with Crippen LogP contribution in [-0.4, -0.2) is 47.4 Å². The number of allylic oxidation sites excluding steroid dienone is 5. The highest BCUT2D eigenvalue weighted by atomic mass is 16.3. The van der Waals surface area contributed by atoms with E-state index in [1.165, 1.54) is 0 Å². The molecule has 0 saturated carbocycles. The molecule has 0 saturated heterocycles. The van der Waals surface area contributed by atoms with Crippen molar-refractivity contribution in [2.24, 2.45) is 10.2 Å². The third-order valence-corrected chi connectivity index (χ3v) is 10.5. The average molecular weight is 664 g/mol. The lowest BCUT2D eigenvalue weighted by atomic mass is 9.76. The standard InChI is InChI=1S/C40H38N8O2/c1-39(2)33(47(21-9-19-43-45-41)31-17-15-25-11-5-7-13-27(25)35(31)39)23-29-37(49)30(38(29)50)24-34-40(3,4)36-28-14-8-6-12-26(28)16-18-32(36)48(34)22-10-20-44-46-42/h5-8,11-18,23-24H,9-10,19-22H2,1-4H3/p+1. The van der Waals surface area contributed by atoms with E-state index in [0.717, 1.165) is 55.5 Å². The lowest BCUT2D eigenvalue weighted by Crippen LogP contribution is -2.32. The molecule has 2 heterocycles. The Bertz CT molecular complexity index is 2330. The maximum atomic E-state index is 14.1. The second-order valence-electron chi connectivity index (χ2n) is 14.1. The number of Topliss-reactive ketones (excluding diaryl/α,β-unsaturated/α-hetero) is 1. The Hall–Kier alpha value is -5.82. The lowest BCUT2D eigenvalue weighted by Gasteiger charge is -2.29. The Labute approximate surface area is 290 Å². The van der Waals surface area contributed by atoms with E-state index in [4.69, 9.17) is 11.1 Å². The van der Waals surface area contributed by atoms with E-state index in [2.05, 4.69) is 106 Å². The smallest absolute Gasteiger partial charge is 0.210 e. The fourth-order valence-electron chi connectivity index (χ4n) is 8.15. The van der Waals surface area contributed by atoms with E-state index < -0.39 is 10.8 Å². The van der Waals surface area contributed by atoms with E-state index in [9.17, 15) is 9.90 Å². The SMILES string of the molecule is CC1(C)C(=CC2=C(O)C(=CC3=[N+](CCCN=[N+]=[N-])c4ccc5ccccc5c4C3(C)C)C2=O)N(CCCN=[N+]=[N-])c2ccc3ccccc3c21. The molecule has 0 aromatic heterocycles. The highest BCUT2D eigenvalue weighted by Gasteiger charge is 2.48. The van der Waals surface area contributed by atoms with Crippen LogP contribution in [0.5, 0.6) is 0 Å². The zero-order valence-corrected chi connectivity index (χ0v) is 28.8. The van der Waals surface area contributed by atoms with E-state index in [-0.39, 0.29) is 22.7 Å². The molecule has 2 aliphatic heterocycles. The molecule has 0 unspecified atom stereocenters. The summed E-state index contributed by atoms with van der Waals surface area (Å²) < 4.78 is 2.20. The number of carbonyl (C=O) groups is 1. The van der Waals surface area contributed by atoms with Gasteiger partial charge < -0.3 is 10.0 Å². The van der Waals surface area contributed by atoms with Gasteiger partial charge in [0.25, 0.3) is 0 Å². The Morgan fingerprint density at radius 3 is 2.08 bits per heavy atom. The lowest BCUT2D eigenvalue weighted by molar-refractivity contribution is -0.437. The van der Waals surface area contributed by atoms with Crippen molar-refractivity contribution >= 4 is 44.4 Å². The highest BCUT2D eigenvalue weighted by Crippen LogP contribution is 2.52. The maximum Gasteiger partial charge on any atom is 0.210 e. The summed E-state index contributed by atoms with van der Waals surface area (Å²) in [5.74, 6) is -0.231. The number of anilines is 1. The second-order valence-corrected chi connectivity index (χ2v) is 14.1. The summed E-state index contributed by atoms with van der Waals surface area (Å²) in [6.07, 6.45) is 4.96. The third-order valence-electron chi connectivity index (χ3n) is 10.5. The van der Waals surface area contributed by atoms with Gasteiger partial charge in [0.1, 0.15) is 12.3 Å². The molecule has 0 spiro atoms. The average Bonchev–Trinajstić information content (AvgIpc) is 3.47. The molecule has 1 N–H and O–H groups in total. The molecule has 10 nitrogen and oxygen atoms in total. The van der Waals surface area contributed by atoms with Crippen LogP contribution >= 0.6 is 0 Å². The summed E-state index contributed by atoms with van der Waals surface area (Å²) >= 11 is 0. The van der Waals surface area contributed by atoms with Crippen LogP contribution in [0.1, 0.15) is 51.7 Å². The van der Waals surface area contributed by atoms with E-state index in [1.807, 2.05) is 36.4 Å². The summed E-state index contributed by atoms with van der Waals surface area (Å²) in [6, 6.07) is 25.0. The van der Waals surface area contributed by atoms with E-state index >= 15 is 0 Å². The van der Waals surface area contributed by atoms with Gasteiger partial charge in [0.2, 0.25) is 11.5 Å². The predicted molar refractivity (Wildman–Crippen MR) is 199 cm³/mol. The van der Waals surface area contributed by atoms with Crippen molar-refractivity contribution < 1.29 is 14.5 Å². The molecule has 0 atom stereocenters. The number of aliphatic hydroxyl groups is 1. The van der Waals surface area contributed by atoms with Crippen LogP contribution < -0.4 is 4.90 Å². The minimum Gasteiger partial charge on any atom is -0.506 e. The largest absolute Gasteiger partial charge is 0.506 e. The monoisotopic (exact) mass is 663 g/mol. The molecule has 4 aromatic rings. The topological polar surface area (TPSA) is 141 Å². The number of hydrogen-bond donors (Lipinski definition) is 1. The molecule has 250 valence electrons. The van der Waals surface area contributed by atoms with Crippen molar-refractivity contribution in [2.75, 3.05) is 31.1 Å². The van der Waals surface area contributed by atoms with Gasteiger partial charge >= 0.3 is 0 Å². The minimum absolute atomic E-state index is 0.0220. The van der Waals surface area contributed by atoms with Crippen molar-refractivity contribution in [3.05, 3.63) is 140 Å². The number of aliphatic hydroxyl groups excluding tert-OH is 1. The molecule has 50 heavy (non-hydrogen) atoms. The van der Waals surface area contributed by atoms with Crippen molar-refractivity contribution in [3.8, 4) is 0 Å². The Balaban J connectivity index is 1.32. The normalized spacial score (nSPS) is 18.8. The summed E-state index contributed by atoms with van der Waals surface area (Å²) in [6.45, 7) is 10.5. The Morgan fingerprint density at radius 2 is 1.42 bits per heavy atom. The van der Waals surface area contributed by atoms with Crippen LogP contribution in [0.3, 0.4) is 0 Å². The van der Waals surface area contributed by atoms with Gasteiger partial charge in [-0.2, -0.15) is 4.58 Å². The number of ketones is 1. The van der Waals surface area contributed by atoms with Crippen LogP contribution in [0.25, 0.3) is 42.4 Å². The van der Waals surface area contributed by atoms with Crippen LogP contribution in [0, 0.1) is 0 Å². The zero-order valence-electron chi connectivity index (χ0n) is 28.8. The molecule has 10 heteroatoms. The predicted octanol–water partition coefficient (Wildman–Crippen LogP) is 9.77. The van der Waals surface area contributed by atoms with Crippen LogP contribution in [0.2, 0.25) is 0 Å². The Morgan fingerprint density at radius 1 is 0.800 bits per heavy atom. The fraction of sp³-hybridized carbons (Fsp3) is 0.300. The quantitative estimate of drug-likeness (QED) is 0.0451. The van der Waals surface area contributed by atoms with Crippen LogP contribution in [-0.2, 0) is 15.6 Å². The maximum absolute atomic E-state index is 14.1. The molecule has 0 radical (unpaired) electrons. The number of nitrogens with zero attached hydrogens (tertiary/aromatic N) is 8. The van der Waals surface area contributed by atoms with Crippen molar-refractivity contribution in [2.45, 2.75) is 51.4 Å².